The molecular weight excluding hydrogens is 371 g/mol. The van der Waals surface area contributed by atoms with Crippen molar-refractivity contribution in [1.82, 2.24) is 0 Å². The number of benzene rings is 3. The van der Waals surface area contributed by atoms with Crippen LogP contribution in [0.4, 0.5) is 15.8 Å². The van der Waals surface area contributed by atoms with Gasteiger partial charge in [0.05, 0.1) is 5.56 Å². The van der Waals surface area contributed by atoms with Crippen molar-refractivity contribution in [3.05, 3.63) is 95.5 Å². The molecule has 2 amide bonds. The molecule has 1 heterocycles. The van der Waals surface area contributed by atoms with Crippen LogP contribution >= 0.6 is 0 Å². The zero-order valence-corrected chi connectivity index (χ0v) is 15.5. The minimum absolute atomic E-state index is 0.0588. The number of carbonyl (C=O) groups excluding carboxylic acids is 2. The Balaban J connectivity index is 1.71. The first-order chi connectivity index (χ1) is 14.0. The lowest BCUT2D eigenvalue weighted by atomic mass is 10.1. The molecule has 144 valence electrons. The highest BCUT2D eigenvalue weighted by Gasteiger charge is 2.23. The summed E-state index contributed by atoms with van der Waals surface area (Å²) < 4.78 is 19.7. The van der Waals surface area contributed by atoms with Crippen molar-refractivity contribution < 1.29 is 18.4 Å². The molecule has 1 aromatic heterocycles. The Morgan fingerprint density at radius 2 is 1.52 bits per heavy atom. The fourth-order valence-electron chi connectivity index (χ4n) is 2.98. The van der Waals surface area contributed by atoms with Crippen LogP contribution in [0.3, 0.4) is 0 Å². The van der Waals surface area contributed by atoms with Crippen LogP contribution in [0.2, 0.25) is 0 Å². The van der Waals surface area contributed by atoms with E-state index in [0.29, 0.717) is 16.7 Å². The highest BCUT2D eigenvalue weighted by atomic mass is 19.1. The molecule has 0 saturated carbocycles. The average Bonchev–Trinajstić information content (AvgIpc) is 3.08. The molecule has 0 radical (unpaired) electrons. The van der Waals surface area contributed by atoms with E-state index >= 15 is 0 Å². The zero-order valence-electron chi connectivity index (χ0n) is 15.5. The highest BCUT2D eigenvalue weighted by Crippen LogP contribution is 2.32. The van der Waals surface area contributed by atoms with E-state index in [2.05, 4.69) is 10.6 Å². The molecule has 29 heavy (non-hydrogen) atoms. The van der Waals surface area contributed by atoms with Gasteiger partial charge in [0.15, 0.2) is 0 Å². The van der Waals surface area contributed by atoms with Crippen LogP contribution in [0, 0.1) is 12.7 Å². The Morgan fingerprint density at radius 1 is 0.828 bits per heavy atom. The first-order valence-electron chi connectivity index (χ1n) is 8.98. The van der Waals surface area contributed by atoms with Gasteiger partial charge in [-0.25, -0.2) is 4.39 Å². The summed E-state index contributed by atoms with van der Waals surface area (Å²) in [6.45, 7) is 1.95. The van der Waals surface area contributed by atoms with Crippen molar-refractivity contribution in [3.63, 3.8) is 0 Å². The normalized spacial score (nSPS) is 10.7. The molecule has 0 fully saturated rings. The van der Waals surface area contributed by atoms with E-state index in [1.54, 1.807) is 42.5 Å². The average molecular weight is 388 g/mol. The Kier molecular flexibility index (Phi) is 4.83. The number of carbonyl (C=O) groups is 2. The molecule has 0 bridgehead atoms. The molecule has 5 nitrogen and oxygen atoms in total. The van der Waals surface area contributed by atoms with Crippen molar-refractivity contribution >= 4 is 34.2 Å². The molecule has 2 N–H and O–H groups in total. The maximum atomic E-state index is 14.0. The Morgan fingerprint density at radius 3 is 2.28 bits per heavy atom. The lowest BCUT2D eigenvalue weighted by molar-refractivity contribution is 0.0999. The monoisotopic (exact) mass is 388 g/mol. The quantitative estimate of drug-likeness (QED) is 0.493. The second kappa shape index (κ2) is 7.59. The van der Waals surface area contributed by atoms with E-state index in [9.17, 15) is 14.0 Å². The van der Waals surface area contributed by atoms with Crippen LogP contribution in [-0.4, -0.2) is 11.8 Å². The minimum Gasteiger partial charge on any atom is -0.449 e. The SMILES string of the molecule is Cc1ccc(NC(=O)c2oc3ccccc3c2NC(=O)c2ccccc2F)cc1. The van der Waals surface area contributed by atoms with Crippen molar-refractivity contribution in [3.8, 4) is 0 Å². The molecule has 0 aliphatic rings. The van der Waals surface area contributed by atoms with Gasteiger partial charge in [-0.2, -0.15) is 0 Å². The summed E-state index contributed by atoms with van der Waals surface area (Å²) in [7, 11) is 0. The van der Waals surface area contributed by atoms with E-state index in [4.69, 9.17) is 4.42 Å². The number of fused-ring (bicyclic) bond motifs is 1. The van der Waals surface area contributed by atoms with Gasteiger partial charge in [-0.3, -0.25) is 9.59 Å². The Bertz CT molecular complexity index is 1210. The molecule has 0 aliphatic heterocycles. The van der Waals surface area contributed by atoms with E-state index in [1.807, 2.05) is 19.1 Å². The molecule has 0 aliphatic carbocycles. The molecule has 4 aromatic rings. The van der Waals surface area contributed by atoms with Crippen LogP contribution in [-0.2, 0) is 0 Å². The van der Waals surface area contributed by atoms with Gasteiger partial charge < -0.3 is 15.1 Å². The number of rotatable bonds is 4. The van der Waals surface area contributed by atoms with Crippen molar-refractivity contribution in [2.45, 2.75) is 6.92 Å². The highest BCUT2D eigenvalue weighted by molar-refractivity contribution is 6.16. The molecule has 4 rings (SSSR count). The molecular formula is C23H17FN2O3. The Hall–Kier alpha value is -3.93. The van der Waals surface area contributed by atoms with Gasteiger partial charge in [0, 0.05) is 11.1 Å². The number of furan rings is 1. The van der Waals surface area contributed by atoms with Gasteiger partial charge in [-0.05, 0) is 43.3 Å². The van der Waals surface area contributed by atoms with Crippen LogP contribution in [0.1, 0.15) is 26.5 Å². The molecule has 0 unspecified atom stereocenters. The van der Waals surface area contributed by atoms with Crippen molar-refractivity contribution in [2.24, 2.45) is 0 Å². The van der Waals surface area contributed by atoms with Gasteiger partial charge in [0.25, 0.3) is 11.8 Å². The fourth-order valence-corrected chi connectivity index (χ4v) is 2.98. The summed E-state index contributed by atoms with van der Waals surface area (Å²) >= 11 is 0. The Labute approximate surface area is 166 Å². The lowest BCUT2D eigenvalue weighted by Crippen LogP contribution is -2.18. The predicted molar refractivity (Wildman–Crippen MR) is 110 cm³/mol. The zero-order chi connectivity index (χ0) is 20.4. The van der Waals surface area contributed by atoms with E-state index in [-0.39, 0.29) is 17.0 Å². The van der Waals surface area contributed by atoms with E-state index < -0.39 is 17.6 Å². The third-order valence-corrected chi connectivity index (χ3v) is 4.47. The molecule has 3 aromatic carbocycles. The number of hydrogen-bond donors (Lipinski definition) is 2. The smallest absolute Gasteiger partial charge is 0.293 e. The number of anilines is 2. The van der Waals surface area contributed by atoms with Crippen molar-refractivity contribution in [1.29, 1.82) is 0 Å². The van der Waals surface area contributed by atoms with Crippen LogP contribution in [0.25, 0.3) is 11.0 Å². The largest absolute Gasteiger partial charge is 0.449 e. The predicted octanol–water partition coefficient (Wildman–Crippen LogP) is 5.38. The third-order valence-electron chi connectivity index (χ3n) is 4.47. The van der Waals surface area contributed by atoms with Gasteiger partial charge in [-0.15, -0.1) is 0 Å². The number of halogens is 1. The molecule has 0 saturated heterocycles. The van der Waals surface area contributed by atoms with E-state index in [1.165, 1.54) is 18.2 Å². The summed E-state index contributed by atoms with van der Waals surface area (Å²) in [6, 6.07) is 19.9. The topological polar surface area (TPSA) is 71.3 Å². The van der Waals surface area contributed by atoms with Crippen LogP contribution in [0.5, 0.6) is 0 Å². The first kappa shape index (κ1) is 18.4. The van der Waals surface area contributed by atoms with Gasteiger partial charge in [-0.1, -0.05) is 42.0 Å². The first-order valence-corrected chi connectivity index (χ1v) is 8.98. The third kappa shape index (κ3) is 3.73. The van der Waals surface area contributed by atoms with Gasteiger partial charge >= 0.3 is 0 Å². The second-order valence-electron chi connectivity index (χ2n) is 6.56. The van der Waals surface area contributed by atoms with Gasteiger partial charge in [0.1, 0.15) is 17.1 Å². The summed E-state index contributed by atoms with van der Waals surface area (Å²) in [6.07, 6.45) is 0. The summed E-state index contributed by atoms with van der Waals surface area (Å²) in [4.78, 5) is 25.5. The molecule has 0 spiro atoms. The van der Waals surface area contributed by atoms with Crippen molar-refractivity contribution in [2.75, 3.05) is 10.6 Å². The number of aryl methyl sites for hydroxylation is 1. The standard InChI is InChI=1S/C23H17FN2O3/c1-14-10-12-15(13-11-14)25-23(28)21-20(17-7-3-5-9-19(17)29-21)26-22(27)16-6-2-4-8-18(16)24/h2-13H,1H3,(H,25,28)(H,26,27). The molecule has 0 atom stereocenters. The van der Waals surface area contributed by atoms with Crippen LogP contribution in [0.15, 0.2) is 77.2 Å². The number of hydrogen-bond acceptors (Lipinski definition) is 3. The summed E-state index contributed by atoms with van der Waals surface area (Å²) in [5, 5.41) is 5.93. The van der Waals surface area contributed by atoms with Gasteiger partial charge in [0.2, 0.25) is 5.76 Å². The minimum atomic E-state index is -0.668. The fraction of sp³-hybridized carbons (Fsp3) is 0.0435. The number of amides is 2. The van der Waals surface area contributed by atoms with E-state index in [0.717, 1.165) is 5.56 Å². The number of nitrogens with one attached hydrogen (secondary N) is 2. The molecule has 6 heteroatoms. The maximum absolute atomic E-state index is 14.0. The van der Waals surface area contributed by atoms with Crippen LogP contribution < -0.4 is 10.6 Å². The second-order valence-corrected chi connectivity index (χ2v) is 6.56. The summed E-state index contributed by atoms with van der Waals surface area (Å²) in [5.74, 6) is -1.90. The maximum Gasteiger partial charge on any atom is 0.293 e. The lowest BCUT2D eigenvalue weighted by Gasteiger charge is -2.08. The summed E-state index contributed by atoms with van der Waals surface area (Å²) in [5.41, 5.74) is 2.16. The number of para-hydroxylation sites is 1.